The van der Waals surface area contributed by atoms with Gasteiger partial charge in [0.15, 0.2) is 0 Å². The highest BCUT2D eigenvalue weighted by Crippen LogP contribution is 2.25. The maximum absolute atomic E-state index is 6.07. The van der Waals surface area contributed by atoms with Crippen molar-refractivity contribution in [3.05, 3.63) is 35.4 Å². The summed E-state index contributed by atoms with van der Waals surface area (Å²) in [6.45, 7) is 14.2. The summed E-state index contributed by atoms with van der Waals surface area (Å²) in [7, 11) is 0. The second-order valence-electron chi connectivity index (χ2n) is 7.97. The van der Waals surface area contributed by atoms with E-state index >= 15 is 0 Å². The van der Waals surface area contributed by atoms with Crippen molar-refractivity contribution in [2.45, 2.75) is 58.6 Å². The number of rotatable bonds is 6. The summed E-state index contributed by atoms with van der Waals surface area (Å²) in [5, 5.41) is 0. The third kappa shape index (κ3) is 5.20. The molecule has 1 unspecified atom stereocenters. The fourth-order valence-corrected chi connectivity index (χ4v) is 3.42. The first-order chi connectivity index (χ1) is 10.8. The van der Waals surface area contributed by atoms with E-state index in [0.717, 1.165) is 26.1 Å². The van der Waals surface area contributed by atoms with E-state index in [0.29, 0.717) is 23.9 Å². The van der Waals surface area contributed by atoms with Gasteiger partial charge in [0, 0.05) is 30.4 Å². The summed E-state index contributed by atoms with van der Waals surface area (Å²) in [6.07, 6.45) is 1.48. The SMILES string of the molecule is CC(Cc1ccc(C(C)(C)CCl)cc1)CN1C[C@H](C)OC[C@@H]1C. The molecule has 3 atom stereocenters. The standard InChI is InChI=1S/C20H32ClNO/c1-15(11-22-12-17(3)23-13-16(22)2)10-18-6-8-19(9-7-18)20(4,5)14-21/h6-9,15-17H,10-14H2,1-5H3/t15?,16-,17-/m0/s1. The molecular weight excluding hydrogens is 306 g/mol. The molecule has 1 fully saturated rings. The van der Waals surface area contributed by atoms with Crippen molar-refractivity contribution in [3.8, 4) is 0 Å². The van der Waals surface area contributed by atoms with Crippen molar-refractivity contribution in [1.29, 1.82) is 0 Å². The molecule has 1 aromatic rings. The number of alkyl halides is 1. The fraction of sp³-hybridized carbons (Fsp3) is 0.700. The topological polar surface area (TPSA) is 12.5 Å². The van der Waals surface area contributed by atoms with Gasteiger partial charge in [-0.3, -0.25) is 4.90 Å². The van der Waals surface area contributed by atoms with Crippen LogP contribution in [0.25, 0.3) is 0 Å². The van der Waals surface area contributed by atoms with Gasteiger partial charge in [-0.1, -0.05) is 45.0 Å². The van der Waals surface area contributed by atoms with E-state index in [2.05, 4.69) is 63.8 Å². The molecule has 0 bridgehead atoms. The monoisotopic (exact) mass is 337 g/mol. The molecule has 0 saturated carbocycles. The van der Waals surface area contributed by atoms with Crippen molar-refractivity contribution in [2.75, 3.05) is 25.6 Å². The lowest BCUT2D eigenvalue weighted by Crippen LogP contribution is -2.48. The van der Waals surface area contributed by atoms with Gasteiger partial charge in [-0.05, 0) is 37.3 Å². The number of halogens is 1. The second-order valence-corrected chi connectivity index (χ2v) is 8.24. The van der Waals surface area contributed by atoms with Crippen LogP contribution >= 0.6 is 11.6 Å². The van der Waals surface area contributed by atoms with Gasteiger partial charge in [-0.15, -0.1) is 11.6 Å². The van der Waals surface area contributed by atoms with Crippen LogP contribution in [-0.4, -0.2) is 42.6 Å². The number of hydrogen-bond acceptors (Lipinski definition) is 2. The first kappa shape index (κ1) is 18.8. The van der Waals surface area contributed by atoms with E-state index in [1.165, 1.54) is 11.1 Å². The van der Waals surface area contributed by atoms with Crippen LogP contribution in [0.4, 0.5) is 0 Å². The molecule has 1 aliphatic heterocycles. The van der Waals surface area contributed by atoms with Crippen LogP contribution in [0.15, 0.2) is 24.3 Å². The Morgan fingerprint density at radius 3 is 2.52 bits per heavy atom. The molecule has 0 aliphatic carbocycles. The van der Waals surface area contributed by atoms with Crippen molar-refractivity contribution in [2.24, 2.45) is 5.92 Å². The number of ether oxygens (including phenoxy) is 1. The minimum absolute atomic E-state index is 0.0467. The summed E-state index contributed by atoms with van der Waals surface area (Å²) in [6, 6.07) is 9.55. The van der Waals surface area contributed by atoms with Crippen LogP contribution in [0.2, 0.25) is 0 Å². The normalized spacial score (nSPS) is 24.6. The fourth-order valence-electron chi connectivity index (χ4n) is 3.26. The van der Waals surface area contributed by atoms with Crippen LogP contribution in [0.3, 0.4) is 0 Å². The summed E-state index contributed by atoms with van der Waals surface area (Å²) < 4.78 is 5.72. The molecule has 1 aliphatic rings. The van der Waals surface area contributed by atoms with Gasteiger partial charge in [0.25, 0.3) is 0 Å². The number of hydrogen-bond donors (Lipinski definition) is 0. The van der Waals surface area contributed by atoms with E-state index in [4.69, 9.17) is 16.3 Å². The van der Waals surface area contributed by atoms with E-state index in [1.54, 1.807) is 0 Å². The molecule has 0 N–H and O–H groups in total. The Morgan fingerprint density at radius 1 is 1.26 bits per heavy atom. The molecule has 0 spiro atoms. The maximum atomic E-state index is 6.07. The van der Waals surface area contributed by atoms with Crippen molar-refractivity contribution < 1.29 is 4.74 Å². The molecular formula is C20H32ClNO. The molecule has 0 radical (unpaired) electrons. The third-order valence-corrected chi connectivity index (χ3v) is 5.60. The summed E-state index contributed by atoms with van der Waals surface area (Å²) in [4.78, 5) is 2.57. The third-order valence-electron chi connectivity index (χ3n) is 4.94. The number of nitrogens with zero attached hydrogens (tertiary/aromatic N) is 1. The Labute approximate surface area is 147 Å². The van der Waals surface area contributed by atoms with Gasteiger partial charge in [0.1, 0.15) is 0 Å². The zero-order chi connectivity index (χ0) is 17.0. The quantitative estimate of drug-likeness (QED) is 0.709. The molecule has 0 aromatic heterocycles. The van der Waals surface area contributed by atoms with Crippen molar-refractivity contribution in [3.63, 3.8) is 0 Å². The summed E-state index contributed by atoms with van der Waals surface area (Å²) in [5.74, 6) is 1.30. The molecule has 1 heterocycles. The first-order valence-electron chi connectivity index (χ1n) is 8.83. The lowest BCUT2D eigenvalue weighted by atomic mass is 9.86. The van der Waals surface area contributed by atoms with Gasteiger partial charge in [-0.2, -0.15) is 0 Å². The van der Waals surface area contributed by atoms with E-state index in [1.807, 2.05) is 0 Å². The van der Waals surface area contributed by atoms with Crippen molar-refractivity contribution >= 4 is 11.6 Å². The minimum atomic E-state index is 0.0467. The molecule has 3 heteroatoms. The Kier molecular flexibility index (Phi) is 6.53. The van der Waals surface area contributed by atoms with Crippen LogP contribution in [0.5, 0.6) is 0 Å². The Bertz CT molecular complexity index is 485. The van der Waals surface area contributed by atoms with Gasteiger partial charge in [-0.25, -0.2) is 0 Å². The Morgan fingerprint density at radius 2 is 1.91 bits per heavy atom. The smallest absolute Gasteiger partial charge is 0.0674 e. The van der Waals surface area contributed by atoms with E-state index in [-0.39, 0.29) is 5.41 Å². The predicted molar refractivity (Wildman–Crippen MR) is 99.5 cm³/mol. The van der Waals surface area contributed by atoms with Gasteiger partial charge >= 0.3 is 0 Å². The molecule has 23 heavy (non-hydrogen) atoms. The molecule has 2 nitrogen and oxygen atoms in total. The minimum Gasteiger partial charge on any atom is -0.376 e. The van der Waals surface area contributed by atoms with E-state index in [9.17, 15) is 0 Å². The van der Waals surface area contributed by atoms with Crippen LogP contribution < -0.4 is 0 Å². The van der Waals surface area contributed by atoms with Gasteiger partial charge < -0.3 is 4.74 Å². The zero-order valence-corrected chi connectivity index (χ0v) is 16.1. The largest absolute Gasteiger partial charge is 0.376 e. The number of benzene rings is 1. The van der Waals surface area contributed by atoms with Crippen LogP contribution in [0.1, 0.15) is 45.7 Å². The molecule has 130 valence electrons. The Balaban J connectivity index is 1.91. The van der Waals surface area contributed by atoms with Crippen LogP contribution in [-0.2, 0) is 16.6 Å². The summed E-state index contributed by atoms with van der Waals surface area (Å²) >= 11 is 6.07. The highest BCUT2D eigenvalue weighted by Gasteiger charge is 2.24. The summed E-state index contributed by atoms with van der Waals surface area (Å²) in [5.41, 5.74) is 2.78. The average molecular weight is 338 g/mol. The highest BCUT2D eigenvalue weighted by molar-refractivity contribution is 6.18. The Hall–Kier alpha value is -0.570. The first-order valence-corrected chi connectivity index (χ1v) is 9.36. The average Bonchev–Trinajstić information content (AvgIpc) is 2.51. The van der Waals surface area contributed by atoms with Crippen LogP contribution in [0, 0.1) is 5.92 Å². The molecule has 2 rings (SSSR count). The van der Waals surface area contributed by atoms with E-state index < -0.39 is 0 Å². The van der Waals surface area contributed by atoms with Crippen molar-refractivity contribution in [1.82, 2.24) is 4.90 Å². The molecule has 1 aromatic carbocycles. The lowest BCUT2D eigenvalue weighted by molar-refractivity contribution is -0.0534. The lowest BCUT2D eigenvalue weighted by Gasteiger charge is -2.38. The van der Waals surface area contributed by atoms with Gasteiger partial charge in [0.05, 0.1) is 12.7 Å². The zero-order valence-electron chi connectivity index (χ0n) is 15.3. The van der Waals surface area contributed by atoms with Gasteiger partial charge in [0.2, 0.25) is 0 Å². The maximum Gasteiger partial charge on any atom is 0.0674 e. The predicted octanol–water partition coefficient (Wildman–Crippen LogP) is 4.49. The number of morpholine rings is 1. The second kappa shape index (κ2) is 8.00. The highest BCUT2D eigenvalue weighted by atomic mass is 35.5. The molecule has 0 amide bonds. The molecule has 1 saturated heterocycles.